The highest BCUT2D eigenvalue weighted by molar-refractivity contribution is 7.89. The molecule has 0 spiro atoms. The number of sulfonamides is 1. The molecular weight excluding hydrogens is 519 g/mol. The first-order chi connectivity index (χ1) is 16.5. The van der Waals surface area contributed by atoms with Crippen molar-refractivity contribution in [2.45, 2.75) is 56.0 Å². The lowest BCUT2D eigenvalue weighted by atomic mass is 10.1. The fourth-order valence-electron chi connectivity index (χ4n) is 2.81. The predicted molar refractivity (Wildman–Crippen MR) is 119 cm³/mol. The summed E-state index contributed by atoms with van der Waals surface area (Å²) in [6.45, 7) is 3.33. The normalized spacial score (nSPS) is 13.4. The van der Waals surface area contributed by atoms with Crippen LogP contribution >= 0.6 is 0 Å². The van der Waals surface area contributed by atoms with Crippen molar-refractivity contribution < 1.29 is 43.9 Å². The number of hydrazone groups is 1. The molecule has 2 aromatic rings. The van der Waals surface area contributed by atoms with E-state index >= 15 is 0 Å². The van der Waals surface area contributed by atoms with Crippen molar-refractivity contribution in [3.63, 3.8) is 0 Å². The first-order valence-corrected chi connectivity index (χ1v) is 11.9. The van der Waals surface area contributed by atoms with E-state index in [9.17, 15) is 43.9 Å². The van der Waals surface area contributed by atoms with E-state index in [1.54, 1.807) is 12.1 Å². The van der Waals surface area contributed by atoms with E-state index in [1.807, 2.05) is 11.8 Å². The molecule has 6 nitrogen and oxygen atoms in total. The van der Waals surface area contributed by atoms with Gasteiger partial charge in [-0.15, -0.1) is 0 Å². The number of anilines is 1. The Hall–Kier alpha value is -3.16. The van der Waals surface area contributed by atoms with Gasteiger partial charge in [0.1, 0.15) is 0 Å². The van der Waals surface area contributed by atoms with Crippen LogP contribution in [0.1, 0.15) is 37.8 Å². The number of nitrogens with zero attached hydrogens (tertiary/aromatic N) is 1. The van der Waals surface area contributed by atoms with Crippen molar-refractivity contribution in [2.75, 3.05) is 5.32 Å². The van der Waals surface area contributed by atoms with E-state index in [2.05, 4.69) is 5.10 Å². The SMILES string of the molecule is CCCCc1ccc(S(=O)(=O)N/N=C(\C)c2cccc(NC(=O)C(F)(F)C(F)(F)C(F)(F)F)c2)cc1. The molecule has 0 fully saturated rings. The molecule has 1 amide bonds. The summed E-state index contributed by atoms with van der Waals surface area (Å²) in [5.74, 6) is -15.6. The zero-order valence-corrected chi connectivity index (χ0v) is 19.8. The van der Waals surface area contributed by atoms with Gasteiger partial charge in [-0.05, 0) is 55.2 Å². The molecule has 0 saturated heterocycles. The average molecular weight is 541 g/mol. The maximum absolute atomic E-state index is 13.6. The Kier molecular flexibility index (Phi) is 8.76. The summed E-state index contributed by atoms with van der Waals surface area (Å²) in [5, 5.41) is 5.02. The zero-order valence-electron chi connectivity index (χ0n) is 19.0. The molecule has 2 N–H and O–H groups in total. The highest BCUT2D eigenvalue weighted by atomic mass is 32.2. The first-order valence-electron chi connectivity index (χ1n) is 10.4. The van der Waals surface area contributed by atoms with Gasteiger partial charge in [0.2, 0.25) is 0 Å². The van der Waals surface area contributed by atoms with E-state index in [-0.39, 0.29) is 16.2 Å². The molecule has 0 heterocycles. The smallest absolute Gasteiger partial charge is 0.321 e. The van der Waals surface area contributed by atoms with Crippen LogP contribution < -0.4 is 10.1 Å². The molecule has 2 rings (SSSR count). The fourth-order valence-corrected chi connectivity index (χ4v) is 3.67. The van der Waals surface area contributed by atoms with Crippen molar-refractivity contribution >= 4 is 27.3 Å². The molecule has 2 aromatic carbocycles. The van der Waals surface area contributed by atoms with Gasteiger partial charge >= 0.3 is 23.9 Å². The van der Waals surface area contributed by atoms with E-state index in [0.29, 0.717) is 0 Å². The Morgan fingerprint density at radius 2 is 1.58 bits per heavy atom. The Balaban J connectivity index is 2.17. The summed E-state index contributed by atoms with van der Waals surface area (Å²) in [5.41, 5.74) is 0.432. The second-order valence-corrected chi connectivity index (χ2v) is 9.38. The number of alkyl halides is 7. The standard InChI is InChI=1S/C22H22F7N3O3S/c1-3-4-6-15-9-11-18(12-10-15)36(34,35)32-31-14(2)16-7-5-8-17(13-16)30-19(33)20(23,24)21(25,26)22(27,28)29/h5,7-13,32H,3-4,6H2,1-2H3,(H,30,33)/b31-14+. The number of rotatable bonds is 10. The molecule has 0 aliphatic rings. The molecule has 0 unspecified atom stereocenters. The highest BCUT2D eigenvalue weighted by Gasteiger charge is 2.76. The van der Waals surface area contributed by atoms with Gasteiger partial charge in [-0.2, -0.15) is 49.1 Å². The van der Waals surface area contributed by atoms with Gasteiger partial charge in [0.05, 0.1) is 10.6 Å². The van der Waals surface area contributed by atoms with Crippen molar-refractivity contribution in [3.8, 4) is 0 Å². The maximum atomic E-state index is 13.6. The van der Waals surface area contributed by atoms with Crippen molar-refractivity contribution in [2.24, 2.45) is 5.10 Å². The molecule has 0 saturated carbocycles. The number of benzene rings is 2. The summed E-state index contributed by atoms with van der Waals surface area (Å²) >= 11 is 0. The Morgan fingerprint density at radius 1 is 0.972 bits per heavy atom. The van der Waals surface area contributed by atoms with Gasteiger partial charge in [0.15, 0.2) is 0 Å². The van der Waals surface area contributed by atoms with Gasteiger partial charge in [-0.1, -0.05) is 37.6 Å². The minimum Gasteiger partial charge on any atom is -0.321 e. The van der Waals surface area contributed by atoms with Gasteiger partial charge in [-0.25, -0.2) is 0 Å². The quantitative estimate of drug-likeness (QED) is 0.237. The molecule has 0 bridgehead atoms. The molecular formula is C22H22F7N3O3S. The van der Waals surface area contributed by atoms with E-state index in [0.717, 1.165) is 43.0 Å². The number of nitrogens with one attached hydrogen (secondary N) is 2. The van der Waals surface area contributed by atoms with E-state index in [1.165, 1.54) is 30.4 Å². The number of carbonyl (C=O) groups is 1. The largest absolute Gasteiger partial charge is 0.460 e. The second kappa shape index (κ2) is 10.8. The molecule has 0 aromatic heterocycles. The van der Waals surface area contributed by atoms with Crippen LogP contribution in [0.2, 0.25) is 0 Å². The molecule has 0 radical (unpaired) electrons. The maximum Gasteiger partial charge on any atom is 0.460 e. The molecule has 0 atom stereocenters. The second-order valence-electron chi connectivity index (χ2n) is 7.72. The number of aryl methyl sites for hydroxylation is 1. The number of hydrogen-bond donors (Lipinski definition) is 2. The number of carbonyl (C=O) groups excluding carboxylic acids is 1. The van der Waals surface area contributed by atoms with Crippen molar-refractivity contribution in [3.05, 3.63) is 59.7 Å². The fraction of sp³-hybridized carbons (Fsp3) is 0.364. The van der Waals surface area contributed by atoms with Crippen molar-refractivity contribution in [1.82, 2.24) is 4.83 Å². The van der Waals surface area contributed by atoms with Crippen molar-refractivity contribution in [1.29, 1.82) is 0 Å². The topological polar surface area (TPSA) is 87.6 Å². The molecule has 0 aliphatic heterocycles. The van der Waals surface area contributed by atoms with Crippen LogP contribution in [0.25, 0.3) is 0 Å². The number of unbranched alkanes of at least 4 members (excludes halogenated alkanes) is 1. The summed E-state index contributed by atoms with van der Waals surface area (Å²) in [7, 11) is -4.08. The Morgan fingerprint density at radius 3 is 2.14 bits per heavy atom. The van der Waals surface area contributed by atoms with Gasteiger partial charge in [0, 0.05) is 5.69 Å². The summed E-state index contributed by atoms with van der Waals surface area (Å²) in [4.78, 5) is 13.5. The van der Waals surface area contributed by atoms with Gasteiger partial charge < -0.3 is 5.32 Å². The van der Waals surface area contributed by atoms with Gasteiger partial charge in [-0.3, -0.25) is 4.79 Å². The van der Waals surface area contributed by atoms with E-state index < -0.39 is 39.6 Å². The van der Waals surface area contributed by atoms with Crippen LogP contribution in [-0.4, -0.2) is 38.1 Å². The summed E-state index contributed by atoms with van der Waals surface area (Å²) in [6.07, 6.45) is -3.96. The van der Waals surface area contributed by atoms with Crippen LogP contribution in [0.3, 0.4) is 0 Å². The minimum atomic E-state index is -6.66. The Labute approximate surface area is 202 Å². The highest BCUT2D eigenvalue weighted by Crippen LogP contribution is 2.46. The molecule has 36 heavy (non-hydrogen) atoms. The van der Waals surface area contributed by atoms with Crippen LogP contribution in [0.5, 0.6) is 0 Å². The third kappa shape index (κ3) is 6.53. The van der Waals surface area contributed by atoms with Crippen LogP contribution in [0.15, 0.2) is 58.5 Å². The predicted octanol–water partition coefficient (Wildman–Crippen LogP) is 5.50. The third-order valence-corrected chi connectivity index (χ3v) is 6.18. The summed E-state index contributed by atoms with van der Waals surface area (Å²) < 4.78 is 115. The molecule has 14 heteroatoms. The average Bonchev–Trinajstić information content (AvgIpc) is 2.80. The van der Waals surface area contributed by atoms with Gasteiger partial charge in [0.25, 0.3) is 10.0 Å². The lowest BCUT2D eigenvalue weighted by Crippen LogP contribution is -2.57. The third-order valence-electron chi connectivity index (χ3n) is 4.96. The molecule has 0 aliphatic carbocycles. The lowest BCUT2D eigenvalue weighted by Gasteiger charge is -2.27. The number of hydrogen-bond acceptors (Lipinski definition) is 4. The lowest BCUT2D eigenvalue weighted by molar-refractivity contribution is -0.343. The first kappa shape index (κ1) is 29.1. The Bertz CT molecular complexity index is 1210. The monoisotopic (exact) mass is 541 g/mol. The zero-order chi connectivity index (χ0) is 27.4. The minimum absolute atomic E-state index is 0.0263. The number of amides is 1. The van der Waals surface area contributed by atoms with E-state index in [4.69, 9.17) is 0 Å². The molecule has 198 valence electrons. The number of halogens is 7. The van der Waals surface area contributed by atoms with Crippen LogP contribution in [0, 0.1) is 0 Å². The van der Waals surface area contributed by atoms with Crippen LogP contribution in [-0.2, 0) is 21.2 Å². The van der Waals surface area contributed by atoms with Crippen LogP contribution in [0.4, 0.5) is 36.4 Å². The summed E-state index contributed by atoms with van der Waals surface area (Å²) in [6, 6.07) is 10.5.